The number of piperidine rings is 2. The van der Waals surface area contributed by atoms with Gasteiger partial charge in [-0.15, -0.1) is 5.01 Å². The van der Waals surface area contributed by atoms with E-state index < -0.39 is 10.0 Å². The Morgan fingerprint density at radius 3 is 2.24 bits per heavy atom. The molecule has 10 nitrogen and oxygen atoms in total. The van der Waals surface area contributed by atoms with Crippen molar-refractivity contribution in [3.63, 3.8) is 0 Å². The first-order chi connectivity index (χ1) is 16.1. The van der Waals surface area contributed by atoms with Gasteiger partial charge in [0.25, 0.3) is 0 Å². The van der Waals surface area contributed by atoms with E-state index >= 15 is 0 Å². The summed E-state index contributed by atoms with van der Waals surface area (Å²) < 4.78 is 27.8. The summed E-state index contributed by atoms with van der Waals surface area (Å²) in [6.45, 7) is 4.76. The number of nitrogens with one attached hydrogen (secondary N) is 2. The molecule has 4 atom stereocenters. The number of sulfonamides is 1. The smallest absolute Gasteiger partial charge is 0.245 e. The number of nitroso groups, excluding NO2 is 1. The maximum atomic E-state index is 13.1. The Morgan fingerprint density at radius 1 is 1.03 bits per heavy atom. The van der Waals surface area contributed by atoms with Crippen molar-refractivity contribution in [3.8, 4) is 0 Å². The molecule has 0 aliphatic carbocycles. The second-order valence-corrected chi connectivity index (χ2v) is 11.6. The van der Waals surface area contributed by atoms with Crippen LogP contribution >= 0.6 is 0 Å². The molecule has 186 valence electrons. The molecule has 3 saturated heterocycles. The quantitative estimate of drug-likeness (QED) is 0.603. The SMILES string of the molecule is CNC(=O)C1C2CC(C3CCN(S(=O)(=O)c4ccc(NC(C)=O)cc4)CC3)CCN2[N+](=O)C1C. The Kier molecular flexibility index (Phi) is 6.95. The Morgan fingerprint density at radius 2 is 1.65 bits per heavy atom. The summed E-state index contributed by atoms with van der Waals surface area (Å²) in [6.07, 6.45) is 3.19. The van der Waals surface area contributed by atoms with Gasteiger partial charge in [0.1, 0.15) is 16.8 Å². The van der Waals surface area contributed by atoms with Gasteiger partial charge in [0, 0.05) is 39.7 Å². The van der Waals surface area contributed by atoms with E-state index in [0.29, 0.717) is 37.2 Å². The maximum absolute atomic E-state index is 13.1. The monoisotopic (exact) mass is 492 g/mol. The van der Waals surface area contributed by atoms with Crippen LogP contribution in [0.25, 0.3) is 0 Å². The van der Waals surface area contributed by atoms with E-state index in [0.717, 1.165) is 30.6 Å². The lowest BCUT2D eigenvalue weighted by Gasteiger charge is -2.39. The normalized spacial score (nSPS) is 28.4. The van der Waals surface area contributed by atoms with Crippen molar-refractivity contribution in [3.05, 3.63) is 29.2 Å². The van der Waals surface area contributed by atoms with Gasteiger partial charge in [0.2, 0.25) is 27.9 Å². The summed E-state index contributed by atoms with van der Waals surface area (Å²) in [4.78, 5) is 37.4. The molecule has 2 amide bonds. The van der Waals surface area contributed by atoms with Gasteiger partial charge >= 0.3 is 0 Å². The van der Waals surface area contributed by atoms with Crippen LogP contribution in [-0.4, -0.2) is 73.2 Å². The van der Waals surface area contributed by atoms with Crippen LogP contribution in [-0.2, 0) is 19.6 Å². The van der Waals surface area contributed by atoms with Gasteiger partial charge in [-0.2, -0.15) is 4.31 Å². The van der Waals surface area contributed by atoms with Crippen molar-refractivity contribution in [2.24, 2.45) is 17.8 Å². The molecule has 34 heavy (non-hydrogen) atoms. The Hall–Kier alpha value is -2.53. The van der Waals surface area contributed by atoms with Crippen molar-refractivity contribution in [2.75, 3.05) is 32.0 Å². The highest BCUT2D eigenvalue weighted by Gasteiger charge is 2.58. The van der Waals surface area contributed by atoms with Crippen LogP contribution in [0.15, 0.2) is 29.2 Å². The lowest BCUT2D eigenvalue weighted by Crippen LogP contribution is -2.48. The van der Waals surface area contributed by atoms with E-state index in [1.54, 1.807) is 19.2 Å². The van der Waals surface area contributed by atoms with Crippen LogP contribution in [0.5, 0.6) is 0 Å². The molecule has 2 N–H and O–H groups in total. The van der Waals surface area contributed by atoms with E-state index in [1.807, 2.05) is 11.9 Å². The molecule has 0 aromatic heterocycles. The lowest BCUT2D eigenvalue weighted by molar-refractivity contribution is -0.716. The molecular weight excluding hydrogens is 458 g/mol. The molecule has 1 aromatic rings. The molecule has 3 heterocycles. The number of fused-ring (bicyclic) bond motifs is 1. The number of amides is 2. The summed E-state index contributed by atoms with van der Waals surface area (Å²) in [5, 5.41) is 7.16. The van der Waals surface area contributed by atoms with Crippen LogP contribution in [0, 0.1) is 22.7 Å². The Labute approximate surface area is 200 Å². The second kappa shape index (κ2) is 9.61. The van der Waals surface area contributed by atoms with Crippen LogP contribution in [0.1, 0.15) is 39.5 Å². The average Bonchev–Trinajstić information content (AvgIpc) is 3.08. The molecule has 0 bridgehead atoms. The largest absolute Gasteiger partial charge is 0.359 e. The highest BCUT2D eigenvalue weighted by molar-refractivity contribution is 7.89. The van der Waals surface area contributed by atoms with E-state index in [9.17, 15) is 22.9 Å². The minimum Gasteiger partial charge on any atom is -0.359 e. The lowest BCUT2D eigenvalue weighted by atomic mass is 9.74. The van der Waals surface area contributed by atoms with Crippen LogP contribution < -0.4 is 10.6 Å². The molecule has 0 saturated carbocycles. The van der Waals surface area contributed by atoms with Crippen LogP contribution in [0.4, 0.5) is 5.69 Å². The van der Waals surface area contributed by atoms with Gasteiger partial charge in [-0.05, 0) is 61.8 Å². The van der Waals surface area contributed by atoms with E-state index in [-0.39, 0.29) is 34.7 Å². The van der Waals surface area contributed by atoms with Gasteiger partial charge in [-0.1, -0.05) is 0 Å². The molecule has 0 radical (unpaired) electrons. The Balaban J connectivity index is 1.38. The first-order valence-electron chi connectivity index (χ1n) is 12.0. The number of carbonyl (C=O) groups excluding carboxylic acids is 2. The first kappa shape index (κ1) is 24.6. The fourth-order valence-electron chi connectivity index (χ4n) is 5.92. The van der Waals surface area contributed by atoms with Crippen molar-refractivity contribution < 1.29 is 22.9 Å². The molecule has 4 rings (SSSR count). The number of benzene rings is 1. The molecule has 4 unspecified atom stereocenters. The van der Waals surface area contributed by atoms with Crippen LogP contribution in [0.3, 0.4) is 0 Å². The second-order valence-electron chi connectivity index (χ2n) is 9.65. The zero-order valence-electron chi connectivity index (χ0n) is 19.9. The molecule has 3 aliphatic rings. The standard InChI is InChI=1S/C23H33N5O5S/c1-15-22(23(30)24-3)21-14-18(10-13-27(21)28(15)31)17-8-11-26(12-9-17)34(32,33)20-6-4-19(5-7-20)25-16(2)29/h4-7,15,17-18,21-22H,8-14H2,1-3H3,(H-,24,25,29,30)/p+1. The highest BCUT2D eigenvalue weighted by atomic mass is 32.2. The number of anilines is 1. The van der Waals surface area contributed by atoms with E-state index in [1.165, 1.54) is 23.4 Å². The fraction of sp³-hybridized carbons (Fsp3) is 0.652. The average molecular weight is 493 g/mol. The molecule has 3 aliphatic heterocycles. The summed E-state index contributed by atoms with van der Waals surface area (Å²) in [7, 11) is -1.99. The van der Waals surface area contributed by atoms with Crippen LogP contribution in [0.2, 0.25) is 0 Å². The topological polar surface area (TPSA) is 119 Å². The summed E-state index contributed by atoms with van der Waals surface area (Å²) in [5.74, 6) is 0.0873. The molecule has 1 aromatic carbocycles. The predicted molar refractivity (Wildman–Crippen MR) is 126 cm³/mol. The number of hydrogen-bond donors (Lipinski definition) is 2. The van der Waals surface area contributed by atoms with Crippen molar-refractivity contribution in [1.82, 2.24) is 14.6 Å². The number of nitrogens with zero attached hydrogens (tertiary/aromatic N) is 3. The minimum absolute atomic E-state index is 0.0908. The van der Waals surface area contributed by atoms with Gasteiger partial charge in [0.15, 0.2) is 0 Å². The number of hydrogen-bond acceptors (Lipinski definition) is 5. The molecule has 11 heteroatoms. The maximum Gasteiger partial charge on any atom is 0.245 e. The van der Waals surface area contributed by atoms with Crippen molar-refractivity contribution in [2.45, 2.75) is 56.5 Å². The predicted octanol–water partition coefficient (Wildman–Crippen LogP) is 1.58. The molecule has 0 spiro atoms. The zero-order chi connectivity index (χ0) is 24.6. The third kappa shape index (κ3) is 4.55. The van der Waals surface area contributed by atoms with Gasteiger partial charge in [-0.3, -0.25) is 9.59 Å². The highest BCUT2D eigenvalue weighted by Crippen LogP contribution is 2.41. The van der Waals surface area contributed by atoms with Gasteiger partial charge < -0.3 is 10.6 Å². The minimum atomic E-state index is -3.60. The number of hydrazine groups is 1. The van der Waals surface area contributed by atoms with Gasteiger partial charge in [0.05, 0.1) is 16.3 Å². The first-order valence-corrected chi connectivity index (χ1v) is 13.4. The van der Waals surface area contributed by atoms with Crippen molar-refractivity contribution >= 4 is 27.5 Å². The van der Waals surface area contributed by atoms with E-state index in [4.69, 9.17) is 0 Å². The number of carbonyl (C=O) groups is 2. The third-order valence-corrected chi connectivity index (χ3v) is 9.63. The summed E-state index contributed by atoms with van der Waals surface area (Å²) >= 11 is 0. The van der Waals surface area contributed by atoms with Crippen molar-refractivity contribution in [1.29, 1.82) is 0 Å². The Bertz CT molecular complexity index is 1050. The van der Waals surface area contributed by atoms with Gasteiger partial charge in [-0.25, -0.2) is 8.42 Å². The summed E-state index contributed by atoms with van der Waals surface area (Å²) in [5.41, 5.74) is 0.560. The number of rotatable bonds is 5. The summed E-state index contributed by atoms with van der Waals surface area (Å²) in [6, 6.07) is 5.76. The third-order valence-electron chi connectivity index (χ3n) is 7.72. The zero-order valence-corrected chi connectivity index (χ0v) is 20.8. The molecule has 3 fully saturated rings. The van der Waals surface area contributed by atoms with E-state index in [2.05, 4.69) is 10.6 Å². The molecular formula is C23H34N5O5S+. The fourth-order valence-corrected chi connectivity index (χ4v) is 7.39.